The number of hydrogen-bond donors (Lipinski definition) is 0. The number of hydrogen-bond acceptors (Lipinski definition) is 0. The van der Waals surface area contributed by atoms with Crippen LogP contribution < -0.4 is 0 Å². The molecule has 2 aromatic heterocycles. The van der Waals surface area contributed by atoms with Crippen molar-refractivity contribution < 1.29 is 0 Å². The van der Waals surface area contributed by atoms with Gasteiger partial charge >= 0.3 is 0 Å². The van der Waals surface area contributed by atoms with Crippen molar-refractivity contribution in [1.29, 1.82) is 0 Å². The van der Waals surface area contributed by atoms with Crippen LogP contribution in [0.5, 0.6) is 0 Å². The molecule has 0 saturated carbocycles. The Morgan fingerprint density at radius 3 is 0.903 bits per heavy atom. The van der Waals surface area contributed by atoms with Gasteiger partial charge in [-0.15, -0.1) is 0 Å². The highest BCUT2D eigenvalue weighted by molar-refractivity contribution is 6.12. The predicted octanol–water partition coefficient (Wildman–Crippen LogP) is 16.2. The molecule has 0 saturated heterocycles. The average molecular weight is 789 g/mol. The average Bonchev–Trinajstić information content (AvgIpc) is 3.87. The number of rotatable bonds is 7. The first-order valence-electron chi connectivity index (χ1n) is 21.3. The predicted molar refractivity (Wildman–Crippen MR) is 262 cm³/mol. The van der Waals surface area contributed by atoms with Crippen LogP contribution in [0.2, 0.25) is 0 Å². The summed E-state index contributed by atoms with van der Waals surface area (Å²) >= 11 is 0. The standard InChI is InChI=1S/C60H40N2/c1-5-15-41(16-6-1)48-35-49(42-17-7-2-8-18-42)37-50(36-48)47-31-34-60-56(40-47)55-39-46(30-33-59(55)62(60)52-21-11-4-12-22-52)44-27-25-43(26-28-44)45-29-32-58-54(38-45)53-23-13-14-24-57(53)61(58)51-19-9-3-10-20-51/h1-40H. The minimum absolute atomic E-state index is 1.15. The van der Waals surface area contributed by atoms with Crippen LogP contribution in [0.4, 0.5) is 0 Å². The lowest BCUT2D eigenvalue weighted by atomic mass is 9.92. The third-order valence-corrected chi connectivity index (χ3v) is 12.5. The smallest absolute Gasteiger partial charge is 0.0541 e. The molecule has 12 rings (SSSR count). The van der Waals surface area contributed by atoms with Crippen molar-refractivity contribution in [2.24, 2.45) is 0 Å². The van der Waals surface area contributed by atoms with Crippen molar-refractivity contribution in [2.75, 3.05) is 0 Å². The van der Waals surface area contributed by atoms with Gasteiger partial charge in [0.2, 0.25) is 0 Å². The molecule has 0 aliphatic heterocycles. The van der Waals surface area contributed by atoms with Gasteiger partial charge in [-0.25, -0.2) is 0 Å². The molecule has 0 spiro atoms. The molecule has 10 aromatic carbocycles. The second kappa shape index (κ2) is 14.8. The van der Waals surface area contributed by atoms with E-state index in [9.17, 15) is 0 Å². The topological polar surface area (TPSA) is 9.86 Å². The van der Waals surface area contributed by atoms with Gasteiger partial charge in [-0.05, 0) is 141 Å². The van der Waals surface area contributed by atoms with Gasteiger partial charge in [-0.2, -0.15) is 0 Å². The van der Waals surface area contributed by atoms with Crippen molar-refractivity contribution in [2.45, 2.75) is 0 Å². The van der Waals surface area contributed by atoms with Crippen molar-refractivity contribution >= 4 is 43.6 Å². The van der Waals surface area contributed by atoms with Gasteiger partial charge in [0.1, 0.15) is 0 Å². The Balaban J connectivity index is 0.968. The molecular formula is C60H40N2. The summed E-state index contributed by atoms with van der Waals surface area (Å²) in [4.78, 5) is 0. The second-order valence-electron chi connectivity index (χ2n) is 16.2. The summed E-state index contributed by atoms with van der Waals surface area (Å²) in [7, 11) is 0. The van der Waals surface area contributed by atoms with Crippen LogP contribution in [0.1, 0.15) is 0 Å². The monoisotopic (exact) mass is 788 g/mol. The zero-order valence-corrected chi connectivity index (χ0v) is 34.0. The number of nitrogens with zero attached hydrogens (tertiary/aromatic N) is 2. The molecule has 0 amide bonds. The van der Waals surface area contributed by atoms with Crippen LogP contribution in [-0.4, -0.2) is 9.13 Å². The zero-order chi connectivity index (χ0) is 41.0. The molecule has 62 heavy (non-hydrogen) atoms. The Labute approximate surface area is 360 Å². The molecule has 290 valence electrons. The molecule has 2 heterocycles. The van der Waals surface area contributed by atoms with Gasteiger partial charge in [-0.1, -0.05) is 158 Å². The number of benzene rings is 10. The molecule has 2 heteroatoms. The normalized spacial score (nSPS) is 11.5. The molecule has 0 unspecified atom stereocenters. The van der Waals surface area contributed by atoms with E-state index < -0.39 is 0 Å². The van der Waals surface area contributed by atoms with Gasteiger partial charge in [0, 0.05) is 32.9 Å². The number of para-hydroxylation sites is 3. The second-order valence-corrected chi connectivity index (χ2v) is 16.2. The Bertz CT molecular complexity index is 3520. The fraction of sp³-hybridized carbons (Fsp3) is 0. The molecular weight excluding hydrogens is 749 g/mol. The maximum Gasteiger partial charge on any atom is 0.0541 e. The summed E-state index contributed by atoms with van der Waals surface area (Å²) in [6, 6.07) is 88.4. The number of fused-ring (bicyclic) bond motifs is 6. The van der Waals surface area contributed by atoms with Gasteiger partial charge in [0.05, 0.1) is 22.1 Å². The van der Waals surface area contributed by atoms with E-state index in [-0.39, 0.29) is 0 Å². The van der Waals surface area contributed by atoms with Crippen LogP contribution in [0, 0.1) is 0 Å². The first-order valence-corrected chi connectivity index (χ1v) is 21.3. The van der Waals surface area contributed by atoms with E-state index in [0.717, 1.165) is 5.69 Å². The molecule has 0 fully saturated rings. The molecule has 0 aliphatic carbocycles. The highest BCUT2D eigenvalue weighted by Crippen LogP contribution is 2.40. The minimum atomic E-state index is 1.15. The van der Waals surface area contributed by atoms with E-state index in [2.05, 4.69) is 252 Å². The van der Waals surface area contributed by atoms with Gasteiger partial charge in [-0.3, -0.25) is 0 Å². The Morgan fingerprint density at radius 1 is 0.177 bits per heavy atom. The van der Waals surface area contributed by atoms with E-state index in [1.165, 1.54) is 105 Å². The first kappa shape index (κ1) is 35.7. The Morgan fingerprint density at radius 2 is 0.468 bits per heavy atom. The third-order valence-electron chi connectivity index (χ3n) is 12.5. The highest BCUT2D eigenvalue weighted by atomic mass is 15.0. The van der Waals surface area contributed by atoms with E-state index in [1.54, 1.807) is 0 Å². The van der Waals surface area contributed by atoms with Crippen LogP contribution in [0.25, 0.3) is 111 Å². The van der Waals surface area contributed by atoms with Crippen LogP contribution in [0.3, 0.4) is 0 Å². The van der Waals surface area contributed by atoms with Gasteiger partial charge in [0.25, 0.3) is 0 Å². The van der Waals surface area contributed by atoms with Crippen LogP contribution in [0.15, 0.2) is 243 Å². The molecule has 0 aliphatic rings. The fourth-order valence-corrected chi connectivity index (χ4v) is 9.49. The van der Waals surface area contributed by atoms with Gasteiger partial charge < -0.3 is 9.13 Å². The van der Waals surface area contributed by atoms with Crippen molar-refractivity contribution in [3.05, 3.63) is 243 Å². The maximum atomic E-state index is 2.40. The molecule has 0 radical (unpaired) electrons. The number of aromatic nitrogens is 2. The quantitative estimate of drug-likeness (QED) is 0.152. The van der Waals surface area contributed by atoms with Crippen LogP contribution >= 0.6 is 0 Å². The summed E-state index contributed by atoms with van der Waals surface area (Å²) in [5.74, 6) is 0. The van der Waals surface area contributed by atoms with Gasteiger partial charge in [0.15, 0.2) is 0 Å². The lowest BCUT2D eigenvalue weighted by Crippen LogP contribution is -1.93. The van der Waals surface area contributed by atoms with E-state index in [1.807, 2.05) is 0 Å². The largest absolute Gasteiger partial charge is 0.309 e. The molecule has 0 bridgehead atoms. The summed E-state index contributed by atoms with van der Waals surface area (Å²) in [5, 5.41) is 4.98. The maximum absolute atomic E-state index is 2.40. The summed E-state index contributed by atoms with van der Waals surface area (Å²) < 4.78 is 4.78. The SMILES string of the molecule is c1ccc(-c2cc(-c3ccccc3)cc(-c3ccc4c(c3)c3cc(-c5ccc(-c6ccc7c(c6)c6ccccc6n7-c6ccccc6)cc5)ccc3n4-c3ccccc3)c2)cc1. The van der Waals surface area contributed by atoms with E-state index >= 15 is 0 Å². The Kier molecular flexibility index (Phi) is 8.53. The van der Waals surface area contributed by atoms with Crippen molar-refractivity contribution in [3.63, 3.8) is 0 Å². The summed E-state index contributed by atoms with van der Waals surface area (Å²) in [6.45, 7) is 0. The lowest BCUT2D eigenvalue weighted by molar-refractivity contribution is 1.18. The molecule has 0 atom stereocenters. The summed E-state index contributed by atoms with van der Waals surface area (Å²) in [5.41, 5.74) is 19.1. The zero-order valence-electron chi connectivity index (χ0n) is 34.0. The lowest BCUT2D eigenvalue weighted by Gasteiger charge is -2.12. The minimum Gasteiger partial charge on any atom is -0.309 e. The molecule has 0 N–H and O–H groups in total. The van der Waals surface area contributed by atoms with E-state index in [4.69, 9.17) is 0 Å². The van der Waals surface area contributed by atoms with Crippen molar-refractivity contribution in [1.82, 2.24) is 9.13 Å². The van der Waals surface area contributed by atoms with Crippen LogP contribution in [-0.2, 0) is 0 Å². The fourth-order valence-electron chi connectivity index (χ4n) is 9.49. The molecule has 12 aromatic rings. The van der Waals surface area contributed by atoms with E-state index in [0.29, 0.717) is 0 Å². The molecule has 2 nitrogen and oxygen atoms in total. The summed E-state index contributed by atoms with van der Waals surface area (Å²) in [6.07, 6.45) is 0. The Hall–Kier alpha value is -8.20. The third kappa shape index (κ3) is 6.12. The first-order chi connectivity index (χ1) is 30.7. The highest BCUT2D eigenvalue weighted by Gasteiger charge is 2.17. The van der Waals surface area contributed by atoms with Crippen molar-refractivity contribution in [3.8, 4) is 67.0 Å².